The average Bonchev–Trinajstić information content (AvgIpc) is 3.59. The minimum Gasteiger partial charge on any atom is -0.460 e. The number of carbonyl (C=O) groups is 8. The van der Waals surface area contributed by atoms with Crippen molar-refractivity contribution in [3.8, 4) is 0 Å². The van der Waals surface area contributed by atoms with Crippen molar-refractivity contribution in [2.24, 2.45) is 0 Å². The van der Waals surface area contributed by atoms with Gasteiger partial charge in [0.05, 0.1) is 58.7 Å². The van der Waals surface area contributed by atoms with E-state index in [2.05, 4.69) is 10.6 Å². The van der Waals surface area contributed by atoms with Gasteiger partial charge in [-0.05, 0) is 46.5 Å². The number of hydrogen-bond donors (Lipinski definition) is 2. The highest BCUT2D eigenvalue weighted by Crippen LogP contribution is 2.10. The lowest BCUT2D eigenvalue weighted by molar-refractivity contribution is -0.156. The van der Waals surface area contributed by atoms with Crippen LogP contribution in [0.1, 0.15) is 72.1 Å². The van der Waals surface area contributed by atoms with Crippen molar-refractivity contribution in [2.75, 3.05) is 72.5 Å². The maximum atomic E-state index is 13.1. The molecule has 0 aliphatic carbocycles. The second-order valence-electron chi connectivity index (χ2n) is 13.1. The Labute approximate surface area is 310 Å². The molecular formula is C36H54N4O13. The van der Waals surface area contributed by atoms with Gasteiger partial charge in [0.1, 0.15) is 5.60 Å². The Hall–Kier alpha value is -4.32. The maximum absolute atomic E-state index is 13.1. The van der Waals surface area contributed by atoms with Crippen LogP contribution in [0.3, 0.4) is 0 Å². The standard InChI is InChI=1S/C36H54N4O13/c1-36(2,3)53-35(48)15-20-50-22-24-52-26-25-51-23-21-49-19-6-8-28(41)27(38-30(43)14-18-40-33(46)11-12-34(40)47)7-4-5-16-37-29(42)13-17-39-31(44)9-10-32(39)45/h9-12,27H,4-8,13-26H2,1-3H3,(H,37,42)(H,38,43)/t27-/m0/s1. The van der Waals surface area contributed by atoms with Gasteiger partial charge in [-0.15, -0.1) is 0 Å². The Kier molecular flexibility index (Phi) is 21.0. The summed E-state index contributed by atoms with van der Waals surface area (Å²) >= 11 is 0. The number of amides is 6. The molecule has 2 aliphatic heterocycles. The minimum atomic E-state index is -0.806. The Morgan fingerprint density at radius 3 is 1.58 bits per heavy atom. The molecule has 17 nitrogen and oxygen atoms in total. The fraction of sp³-hybridized carbons (Fsp3) is 0.667. The van der Waals surface area contributed by atoms with Crippen LogP contribution in [-0.4, -0.2) is 141 Å². The van der Waals surface area contributed by atoms with E-state index >= 15 is 0 Å². The number of imide groups is 2. The summed E-state index contributed by atoms with van der Waals surface area (Å²) in [5.41, 5.74) is -0.521. The summed E-state index contributed by atoms with van der Waals surface area (Å²) in [5, 5.41) is 5.44. The third kappa shape index (κ3) is 19.9. The van der Waals surface area contributed by atoms with E-state index in [1.54, 1.807) is 0 Å². The van der Waals surface area contributed by atoms with E-state index in [1.165, 1.54) is 0 Å². The van der Waals surface area contributed by atoms with E-state index in [9.17, 15) is 38.4 Å². The summed E-state index contributed by atoms with van der Waals surface area (Å²) in [6.45, 7) is 8.24. The molecule has 296 valence electrons. The van der Waals surface area contributed by atoms with Crippen LogP contribution >= 0.6 is 0 Å². The van der Waals surface area contributed by atoms with Gasteiger partial charge in [-0.1, -0.05) is 0 Å². The normalized spacial score (nSPS) is 14.7. The third-order valence-corrected chi connectivity index (χ3v) is 7.59. The van der Waals surface area contributed by atoms with E-state index < -0.39 is 41.2 Å². The van der Waals surface area contributed by atoms with Crippen molar-refractivity contribution >= 4 is 47.2 Å². The lowest BCUT2D eigenvalue weighted by Crippen LogP contribution is -2.42. The van der Waals surface area contributed by atoms with E-state index in [1.807, 2.05) is 20.8 Å². The number of hydrogen-bond acceptors (Lipinski definition) is 13. The number of ether oxygens (including phenoxy) is 5. The second kappa shape index (κ2) is 24.8. The lowest BCUT2D eigenvalue weighted by Gasteiger charge is -2.19. The van der Waals surface area contributed by atoms with Crippen molar-refractivity contribution in [3.63, 3.8) is 0 Å². The Morgan fingerprint density at radius 1 is 0.604 bits per heavy atom. The molecule has 53 heavy (non-hydrogen) atoms. The van der Waals surface area contributed by atoms with Crippen LogP contribution in [0.15, 0.2) is 24.3 Å². The first kappa shape index (κ1) is 44.8. The molecule has 2 rings (SSSR count). The molecule has 1 atom stereocenters. The largest absolute Gasteiger partial charge is 0.460 e. The van der Waals surface area contributed by atoms with Gasteiger partial charge in [0.25, 0.3) is 23.6 Å². The van der Waals surface area contributed by atoms with Gasteiger partial charge < -0.3 is 34.3 Å². The molecule has 0 unspecified atom stereocenters. The van der Waals surface area contributed by atoms with Gasteiger partial charge in [0.15, 0.2) is 5.78 Å². The number of nitrogens with one attached hydrogen (secondary N) is 2. The molecule has 0 bridgehead atoms. The minimum absolute atomic E-state index is 0.0203. The zero-order valence-electron chi connectivity index (χ0n) is 31.0. The molecule has 0 aromatic carbocycles. The molecule has 0 aromatic rings. The van der Waals surface area contributed by atoms with Crippen LogP contribution in [0.25, 0.3) is 0 Å². The molecule has 2 heterocycles. The van der Waals surface area contributed by atoms with Crippen molar-refractivity contribution in [1.29, 1.82) is 0 Å². The van der Waals surface area contributed by atoms with E-state index in [0.29, 0.717) is 78.5 Å². The first-order valence-corrected chi connectivity index (χ1v) is 18.0. The van der Waals surface area contributed by atoms with Crippen LogP contribution in [0.5, 0.6) is 0 Å². The van der Waals surface area contributed by atoms with Crippen LogP contribution in [-0.2, 0) is 62.0 Å². The molecular weight excluding hydrogens is 696 g/mol. The summed E-state index contributed by atoms with van der Waals surface area (Å²) in [7, 11) is 0. The van der Waals surface area contributed by atoms with E-state index in [-0.39, 0.29) is 63.0 Å². The summed E-state index contributed by atoms with van der Waals surface area (Å²) < 4.78 is 27.0. The van der Waals surface area contributed by atoms with Crippen molar-refractivity contribution < 1.29 is 62.0 Å². The topological polar surface area (TPSA) is 213 Å². The van der Waals surface area contributed by atoms with Gasteiger partial charge >= 0.3 is 5.97 Å². The molecule has 0 aromatic heterocycles. The number of nitrogens with zero attached hydrogens (tertiary/aromatic N) is 2. The Balaban J connectivity index is 1.59. The maximum Gasteiger partial charge on any atom is 0.308 e. The van der Waals surface area contributed by atoms with E-state index in [4.69, 9.17) is 23.7 Å². The van der Waals surface area contributed by atoms with Gasteiger partial charge in [-0.25, -0.2) is 0 Å². The molecule has 0 saturated carbocycles. The molecule has 2 aliphatic rings. The molecule has 2 N–H and O–H groups in total. The zero-order chi connectivity index (χ0) is 39.1. The number of unbranched alkanes of at least 4 members (excludes halogenated alkanes) is 1. The highest BCUT2D eigenvalue weighted by molar-refractivity contribution is 6.13. The van der Waals surface area contributed by atoms with Crippen molar-refractivity contribution in [3.05, 3.63) is 24.3 Å². The molecule has 17 heteroatoms. The molecule has 0 fully saturated rings. The van der Waals surface area contributed by atoms with Crippen LogP contribution in [0.2, 0.25) is 0 Å². The number of carbonyl (C=O) groups excluding carboxylic acids is 8. The fourth-order valence-corrected chi connectivity index (χ4v) is 4.93. The highest BCUT2D eigenvalue weighted by Gasteiger charge is 2.26. The van der Waals surface area contributed by atoms with Crippen molar-refractivity contribution in [2.45, 2.75) is 83.8 Å². The molecule has 0 saturated heterocycles. The summed E-state index contributed by atoms with van der Waals surface area (Å²) in [6, 6.07) is -0.806. The first-order chi connectivity index (χ1) is 25.3. The number of ketones is 1. The van der Waals surface area contributed by atoms with Gasteiger partial charge in [-0.2, -0.15) is 0 Å². The summed E-state index contributed by atoms with van der Waals surface area (Å²) in [5.74, 6) is -3.22. The van der Waals surface area contributed by atoms with E-state index in [0.717, 1.165) is 34.1 Å². The number of Topliss-reactive ketones (excluding diaryl/α,β-unsaturated/α-hetero) is 1. The molecule has 0 radical (unpaired) electrons. The predicted octanol–water partition coefficient (Wildman–Crippen LogP) is 0.535. The van der Waals surface area contributed by atoms with Crippen LogP contribution < -0.4 is 10.6 Å². The number of esters is 1. The quantitative estimate of drug-likeness (QED) is 0.0608. The summed E-state index contributed by atoms with van der Waals surface area (Å²) in [4.78, 5) is 98.3. The molecule has 0 spiro atoms. The van der Waals surface area contributed by atoms with Gasteiger partial charge in [0.2, 0.25) is 11.8 Å². The van der Waals surface area contributed by atoms with Crippen LogP contribution in [0.4, 0.5) is 0 Å². The SMILES string of the molecule is CC(C)(C)OC(=O)CCOCCOCCOCCOCCCC(=O)[C@H](CCCCNC(=O)CCN1C(=O)C=CC1=O)NC(=O)CCN1C(=O)C=CC1=O. The first-order valence-electron chi connectivity index (χ1n) is 18.0. The monoisotopic (exact) mass is 750 g/mol. The predicted molar refractivity (Wildman–Crippen MR) is 188 cm³/mol. The molecule has 6 amide bonds. The number of rotatable bonds is 29. The smallest absolute Gasteiger partial charge is 0.308 e. The second-order valence-corrected chi connectivity index (χ2v) is 13.1. The zero-order valence-corrected chi connectivity index (χ0v) is 31.0. The third-order valence-electron chi connectivity index (χ3n) is 7.59. The Bertz CT molecular complexity index is 1290. The Morgan fingerprint density at radius 2 is 1.08 bits per heavy atom. The van der Waals surface area contributed by atoms with Crippen molar-refractivity contribution in [1.82, 2.24) is 20.4 Å². The lowest BCUT2D eigenvalue weighted by atomic mass is 10.0. The summed E-state index contributed by atoms with van der Waals surface area (Å²) in [6.07, 6.45) is 6.43. The van der Waals surface area contributed by atoms with Gasteiger partial charge in [0, 0.05) is 69.8 Å². The average molecular weight is 751 g/mol. The van der Waals surface area contributed by atoms with Gasteiger partial charge in [-0.3, -0.25) is 48.2 Å². The highest BCUT2D eigenvalue weighted by atomic mass is 16.6. The van der Waals surface area contributed by atoms with Crippen LogP contribution in [0, 0.1) is 0 Å². The fourth-order valence-electron chi connectivity index (χ4n) is 4.93.